The van der Waals surface area contributed by atoms with Crippen LogP contribution in [0.3, 0.4) is 0 Å². The summed E-state index contributed by atoms with van der Waals surface area (Å²) in [6.45, 7) is 2.57. The summed E-state index contributed by atoms with van der Waals surface area (Å²) in [6, 6.07) is 9.33. The zero-order chi connectivity index (χ0) is 13.9. The molecule has 0 heterocycles. The van der Waals surface area contributed by atoms with E-state index in [1.165, 1.54) is 0 Å². The van der Waals surface area contributed by atoms with Gasteiger partial charge < -0.3 is 9.47 Å². The van der Waals surface area contributed by atoms with E-state index in [1.54, 1.807) is 0 Å². The van der Waals surface area contributed by atoms with E-state index in [4.69, 9.17) is 9.47 Å². The van der Waals surface area contributed by atoms with Crippen LogP contribution in [0.15, 0.2) is 42.5 Å². The molecule has 0 radical (unpaired) electrons. The zero-order valence-electron chi connectivity index (χ0n) is 11.0. The molecule has 0 fully saturated rings. The van der Waals surface area contributed by atoms with Gasteiger partial charge in [0, 0.05) is 12.2 Å². The van der Waals surface area contributed by atoms with E-state index in [0.717, 1.165) is 30.6 Å². The van der Waals surface area contributed by atoms with E-state index in [1.807, 2.05) is 37.3 Å². The molecule has 0 N–H and O–H groups in total. The summed E-state index contributed by atoms with van der Waals surface area (Å²) in [5, 5.41) is 0. The molecule has 1 aromatic carbocycles. The molecule has 1 rings (SSSR count). The Hall–Kier alpha value is -2.10. The third-order valence-electron chi connectivity index (χ3n) is 2.32. The molecule has 0 saturated heterocycles. The first-order chi connectivity index (χ1) is 9.22. The fourth-order valence-electron chi connectivity index (χ4n) is 1.28. The largest absolute Gasteiger partial charge is 0.463 e. The van der Waals surface area contributed by atoms with Crippen LogP contribution in [0.4, 0.5) is 0 Å². The van der Waals surface area contributed by atoms with Gasteiger partial charge in [0.25, 0.3) is 0 Å². The second-order valence-corrected chi connectivity index (χ2v) is 3.95. The molecule has 102 valence electrons. The lowest BCUT2D eigenvalue weighted by Crippen LogP contribution is -2.05. The third kappa shape index (κ3) is 7.03. The molecule has 0 amide bonds. The van der Waals surface area contributed by atoms with Gasteiger partial charge in [-0.15, -0.1) is 0 Å². The SMILES string of the molecule is CCCCOC(=O)/C=C/C(=O)OCc1ccccc1. The quantitative estimate of drug-likeness (QED) is 0.430. The molecule has 4 nitrogen and oxygen atoms in total. The second-order valence-electron chi connectivity index (χ2n) is 3.95. The molecule has 0 unspecified atom stereocenters. The van der Waals surface area contributed by atoms with Gasteiger partial charge in [0.05, 0.1) is 6.61 Å². The lowest BCUT2D eigenvalue weighted by Gasteiger charge is -2.01. The van der Waals surface area contributed by atoms with Crippen molar-refractivity contribution in [1.29, 1.82) is 0 Å². The number of benzene rings is 1. The van der Waals surface area contributed by atoms with Crippen LogP contribution >= 0.6 is 0 Å². The monoisotopic (exact) mass is 262 g/mol. The fourth-order valence-corrected chi connectivity index (χ4v) is 1.28. The first kappa shape index (κ1) is 15.0. The summed E-state index contributed by atoms with van der Waals surface area (Å²) < 4.78 is 9.83. The Kier molecular flexibility index (Phi) is 7.02. The number of ether oxygens (including phenoxy) is 2. The topological polar surface area (TPSA) is 52.6 Å². The van der Waals surface area contributed by atoms with Gasteiger partial charge >= 0.3 is 11.9 Å². The van der Waals surface area contributed by atoms with Crippen LogP contribution in [-0.2, 0) is 25.7 Å². The predicted molar refractivity (Wildman–Crippen MR) is 71.2 cm³/mol. The Labute approximate surface area is 113 Å². The minimum absolute atomic E-state index is 0.189. The summed E-state index contributed by atoms with van der Waals surface area (Å²) in [6.07, 6.45) is 3.94. The molecule has 4 heteroatoms. The molecule has 0 aliphatic carbocycles. The van der Waals surface area contributed by atoms with E-state index < -0.39 is 11.9 Å². The second kappa shape index (κ2) is 8.91. The van der Waals surface area contributed by atoms with Crippen molar-refractivity contribution < 1.29 is 19.1 Å². The van der Waals surface area contributed by atoms with Crippen molar-refractivity contribution in [3.05, 3.63) is 48.0 Å². The van der Waals surface area contributed by atoms with E-state index in [-0.39, 0.29) is 6.61 Å². The van der Waals surface area contributed by atoms with Crippen LogP contribution in [0.5, 0.6) is 0 Å². The Morgan fingerprint density at radius 3 is 2.32 bits per heavy atom. The van der Waals surface area contributed by atoms with E-state index >= 15 is 0 Å². The highest BCUT2D eigenvalue weighted by Gasteiger charge is 2.01. The lowest BCUT2D eigenvalue weighted by atomic mass is 10.2. The standard InChI is InChI=1S/C15H18O4/c1-2-3-11-18-14(16)9-10-15(17)19-12-13-7-5-4-6-8-13/h4-10H,2-3,11-12H2,1H3/b10-9+. The Bertz CT molecular complexity index is 423. The Morgan fingerprint density at radius 1 is 1.05 bits per heavy atom. The minimum Gasteiger partial charge on any atom is -0.463 e. The molecular formula is C15H18O4. The van der Waals surface area contributed by atoms with Crippen LogP contribution in [0, 0.1) is 0 Å². The fraction of sp³-hybridized carbons (Fsp3) is 0.333. The summed E-state index contributed by atoms with van der Waals surface area (Å²) in [4.78, 5) is 22.5. The summed E-state index contributed by atoms with van der Waals surface area (Å²) in [7, 11) is 0. The van der Waals surface area contributed by atoms with Gasteiger partial charge in [0.2, 0.25) is 0 Å². The average molecular weight is 262 g/mol. The van der Waals surface area contributed by atoms with Gasteiger partial charge in [-0.1, -0.05) is 43.7 Å². The van der Waals surface area contributed by atoms with Crippen molar-refractivity contribution in [2.24, 2.45) is 0 Å². The normalized spacial score (nSPS) is 10.4. The van der Waals surface area contributed by atoms with Crippen molar-refractivity contribution in [2.75, 3.05) is 6.61 Å². The maximum Gasteiger partial charge on any atom is 0.331 e. The van der Waals surface area contributed by atoms with Crippen molar-refractivity contribution in [2.45, 2.75) is 26.4 Å². The highest BCUT2D eigenvalue weighted by Crippen LogP contribution is 2.01. The van der Waals surface area contributed by atoms with Crippen LogP contribution in [0.1, 0.15) is 25.3 Å². The highest BCUT2D eigenvalue weighted by molar-refractivity contribution is 5.91. The van der Waals surface area contributed by atoms with Crippen LogP contribution < -0.4 is 0 Å². The van der Waals surface area contributed by atoms with Gasteiger partial charge in [0.15, 0.2) is 0 Å². The van der Waals surface area contributed by atoms with Gasteiger partial charge in [-0.05, 0) is 12.0 Å². The molecule has 1 aromatic rings. The molecule has 0 atom stereocenters. The van der Waals surface area contributed by atoms with Crippen LogP contribution in [0.25, 0.3) is 0 Å². The number of esters is 2. The number of carbonyl (C=O) groups is 2. The average Bonchev–Trinajstić information content (AvgIpc) is 2.44. The molecule has 19 heavy (non-hydrogen) atoms. The van der Waals surface area contributed by atoms with Crippen LogP contribution in [-0.4, -0.2) is 18.5 Å². The smallest absolute Gasteiger partial charge is 0.331 e. The maximum atomic E-state index is 11.3. The number of rotatable bonds is 7. The first-order valence-corrected chi connectivity index (χ1v) is 6.28. The van der Waals surface area contributed by atoms with Gasteiger partial charge in [0.1, 0.15) is 6.61 Å². The van der Waals surface area contributed by atoms with E-state index in [9.17, 15) is 9.59 Å². The number of hydrogen-bond donors (Lipinski definition) is 0. The van der Waals surface area contributed by atoms with Gasteiger partial charge in [-0.3, -0.25) is 0 Å². The van der Waals surface area contributed by atoms with E-state index in [2.05, 4.69) is 0 Å². The molecule has 0 aliphatic heterocycles. The predicted octanol–water partition coefficient (Wildman–Crippen LogP) is 2.63. The Morgan fingerprint density at radius 2 is 1.68 bits per heavy atom. The number of hydrogen-bond acceptors (Lipinski definition) is 4. The molecule has 0 bridgehead atoms. The number of unbranched alkanes of at least 4 members (excludes halogenated alkanes) is 1. The molecule has 0 saturated carbocycles. The zero-order valence-corrected chi connectivity index (χ0v) is 11.0. The molecular weight excluding hydrogens is 244 g/mol. The van der Waals surface area contributed by atoms with Crippen molar-refractivity contribution in [1.82, 2.24) is 0 Å². The third-order valence-corrected chi connectivity index (χ3v) is 2.32. The maximum absolute atomic E-state index is 11.3. The minimum atomic E-state index is -0.559. The van der Waals surface area contributed by atoms with Crippen molar-refractivity contribution >= 4 is 11.9 Å². The number of carbonyl (C=O) groups excluding carboxylic acids is 2. The summed E-state index contributed by atoms with van der Waals surface area (Å²) in [5.41, 5.74) is 0.898. The lowest BCUT2D eigenvalue weighted by molar-refractivity contribution is -0.141. The molecule has 0 aromatic heterocycles. The highest BCUT2D eigenvalue weighted by atomic mass is 16.5. The molecule has 0 aliphatic rings. The Balaban J connectivity index is 2.25. The summed E-state index contributed by atoms with van der Waals surface area (Å²) >= 11 is 0. The van der Waals surface area contributed by atoms with Crippen molar-refractivity contribution in [3.8, 4) is 0 Å². The summed E-state index contributed by atoms with van der Waals surface area (Å²) in [5.74, 6) is -1.08. The van der Waals surface area contributed by atoms with Crippen molar-refractivity contribution in [3.63, 3.8) is 0 Å². The first-order valence-electron chi connectivity index (χ1n) is 6.28. The van der Waals surface area contributed by atoms with Crippen LogP contribution in [0.2, 0.25) is 0 Å². The van der Waals surface area contributed by atoms with Gasteiger partial charge in [-0.2, -0.15) is 0 Å². The van der Waals surface area contributed by atoms with E-state index in [0.29, 0.717) is 6.61 Å². The molecule has 0 spiro atoms. The van der Waals surface area contributed by atoms with Gasteiger partial charge in [-0.25, -0.2) is 9.59 Å².